The smallest absolute Gasteiger partial charge is 0.0639 e. The first-order valence-corrected chi connectivity index (χ1v) is 4.42. The monoisotopic (exact) mass is 183 g/mol. The van der Waals surface area contributed by atoms with Crippen molar-refractivity contribution in [3.05, 3.63) is 18.0 Å². The van der Waals surface area contributed by atoms with Gasteiger partial charge in [-0.25, -0.2) is 0 Å². The molecular formula is C9H17N3O. The topological polar surface area (TPSA) is 41.3 Å². The second-order valence-corrected chi connectivity index (χ2v) is 3.57. The summed E-state index contributed by atoms with van der Waals surface area (Å²) in [4.78, 5) is 2.07. The minimum Gasteiger partial charge on any atom is -0.392 e. The molecule has 0 fully saturated rings. The predicted molar refractivity (Wildman–Crippen MR) is 51.2 cm³/mol. The quantitative estimate of drug-likeness (QED) is 0.726. The molecule has 4 nitrogen and oxygen atoms in total. The number of hydrogen-bond donors (Lipinski definition) is 1. The van der Waals surface area contributed by atoms with Gasteiger partial charge in [0, 0.05) is 31.9 Å². The summed E-state index contributed by atoms with van der Waals surface area (Å²) in [6, 6.07) is 0. The number of hydrogen-bond acceptors (Lipinski definition) is 3. The molecule has 0 amide bonds. The third kappa shape index (κ3) is 3.57. The summed E-state index contributed by atoms with van der Waals surface area (Å²) in [6.45, 7) is 3.31. The molecule has 0 bridgehead atoms. The van der Waals surface area contributed by atoms with Gasteiger partial charge in [0.1, 0.15) is 0 Å². The highest BCUT2D eigenvalue weighted by atomic mass is 16.3. The molecule has 0 aromatic carbocycles. The number of aliphatic hydroxyl groups excluding tert-OH is 1. The molecule has 1 rings (SSSR count). The van der Waals surface area contributed by atoms with Gasteiger partial charge < -0.3 is 5.11 Å². The van der Waals surface area contributed by atoms with Crippen LogP contribution in [-0.2, 0) is 13.6 Å². The van der Waals surface area contributed by atoms with Crippen molar-refractivity contribution >= 4 is 0 Å². The van der Waals surface area contributed by atoms with Crippen LogP contribution in [0, 0.1) is 0 Å². The van der Waals surface area contributed by atoms with Gasteiger partial charge in [-0.1, -0.05) is 0 Å². The molecule has 0 saturated carbocycles. The number of aromatic nitrogens is 2. The number of rotatable bonds is 4. The van der Waals surface area contributed by atoms with Gasteiger partial charge in [0.25, 0.3) is 0 Å². The van der Waals surface area contributed by atoms with Gasteiger partial charge in [0.2, 0.25) is 0 Å². The van der Waals surface area contributed by atoms with Crippen molar-refractivity contribution in [2.45, 2.75) is 19.6 Å². The van der Waals surface area contributed by atoms with Crippen molar-refractivity contribution in [1.29, 1.82) is 0 Å². The third-order valence-corrected chi connectivity index (χ3v) is 1.79. The first-order valence-electron chi connectivity index (χ1n) is 4.42. The van der Waals surface area contributed by atoms with E-state index in [2.05, 4.69) is 10.00 Å². The van der Waals surface area contributed by atoms with Gasteiger partial charge in [-0.15, -0.1) is 0 Å². The summed E-state index contributed by atoms with van der Waals surface area (Å²) in [7, 11) is 3.89. The summed E-state index contributed by atoms with van der Waals surface area (Å²) in [5.41, 5.74) is 1.17. The Hall–Kier alpha value is -0.870. The lowest BCUT2D eigenvalue weighted by molar-refractivity contribution is 0.138. The lowest BCUT2D eigenvalue weighted by Gasteiger charge is -2.16. The van der Waals surface area contributed by atoms with Crippen LogP contribution in [0.3, 0.4) is 0 Å². The van der Waals surface area contributed by atoms with Crippen LogP contribution in [0.15, 0.2) is 12.4 Å². The van der Waals surface area contributed by atoms with Crippen molar-refractivity contribution in [1.82, 2.24) is 14.7 Å². The largest absolute Gasteiger partial charge is 0.392 e. The number of aliphatic hydroxyl groups is 1. The lowest BCUT2D eigenvalue weighted by Crippen LogP contribution is -2.26. The molecule has 0 spiro atoms. The maximum absolute atomic E-state index is 9.14. The Bertz CT molecular complexity index is 257. The van der Waals surface area contributed by atoms with E-state index in [-0.39, 0.29) is 6.10 Å². The highest BCUT2D eigenvalue weighted by molar-refractivity contribution is 5.02. The van der Waals surface area contributed by atoms with Gasteiger partial charge >= 0.3 is 0 Å². The number of nitrogens with zero attached hydrogens (tertiary/aromatic N) is 3. The van der Waals surface area contributed by atoms with E-state index in [4.69, 9.17) is 5.11 Å². The Morgan fingerprint density at radius 1 is 1.69 bits per heavy atom. The average molecular weight is 183 g/mol. The van der Waals surface area contributed by atoms with Crippen molar-refractivity contribution in [3.8, 4) is 0 Å². The SMILES string of the molecule is C[C@@H](O)CN(C)Cc1cnn(C)c1. The molecule has 13 heavy (non-hydrogen) atoms. The van der Waals surface area contributed by atoms with Gasteiger partial charge in [-0.2, -0.15) is 5.10 Å². The highest BCUT2D eigenvalue weighted by Gasteiger charge is 2.04. The minimum atomic E-state index is -0.276. The lowest BCUT2D eigenvalue weighted by atomic mass is 10.3. The van der Waals surface area contributed by atoms with Crippen LogP contribution >= 0.6 is 0 Å². The standard InChI is InChI=1S/C9H17N3O/c1-8(13)5-11(2)6-9-4-10-12(3)7-9/h4,7-8,13H,5-6H2,1-3H3/t8-/m1/s1. The summed E-state index contributed by atoms with van der Waals surface area (Å²) >= 11 is 0. The Kier molecular flexibility index (Phi) is 3.45. The highest BCUT2D eigenvalue weighted by Crippen LogP contribution is 2.01. The fraction of sp³-hybridized carbons (Fsp3) is 0.667. The second kappa shape index (κ2) is 4.39. The van der Waals surface area contributed by atoms with Gasteiger partial charge in [0.05, 0.1) is 12.3 Å². The van der Waals surface area contributed by atoms with E-state index in [1.54, 1.807) is 11.6 Å². The van der Waals surface area contributed by atoms with Crippen LogP contribution in [0.25, 0.3) is 0 Å². The average Bonchev–Trinajstić information content (AvgIpc) is 2.33. The predicted octanol–water partition coefficient (Wildman–Crippen LogP) is 0.233. The maximum Gasteiger partial charge on any atom is 0.0639 e. The summed E-state index contributed by atoms with van der Waals surface area (Å²) in [6.07, 6.45) is 3.55. The van der Waals surface area contributed by atoms with Crippen molar-refractivity contribution < 1.29 is 5.11 Å². The Morgan fingerprint density at radius 3 is 2.85 bits per heavy atom. The molecule has 1 N–H and O–H groups in total. The molecule has 1 heterocycles. The molecular weight excluding hydrogens is 166 g/mol. The van der Waals surface area contributed by atoms with E-state index in [0.717, 1.165) is 6.54 Å². The fourth-order valence-electron chi connectivity index (χ4n) is 1.38. The summed E-state index contributed by atoms with van der Waals surface area (Å²) in [5.74, 6) is 0. The van der Waals surface area contributed by atoms with E-state index in [1.165, 1.54) is 5.56 Å². The van der Waals surface area contributed by atoms with Crippen LogP contribution in [0.4, 0.5) is 0 Å². The summed E-state index contributed by atoms with van der Waals surface area (Å²) in [5, 5.41) is 13.2. The zero-order valence-electron chi connectivity index (χ0n) is 8.44. The molecule has 74 valence electrons. The third-order valence-electron chi connectivity index (χ3n) is 1.79. The van der Waals surface area contributed by atoms with Gasteiger partial charge in [-0.3, -0.25) is 9.58 Å². The second-order valence-electron chi connectivity index (χ2n) is 3.57. The maximum atomic E-state index is 9.14. The number of likely N-dealkylation sites (N-methyl/N-ethyl adjacent to an activating group) is 1. The van der Waals surface area contributed by atoms with Crippen LogP contribution < -0.4 is 0 Å². The first-order chi connectivity index (χ1) is 6.08. The van der Waals surface area contributed by atoms with Crippen LogP contribution in [0.5, 0.6) is 0 Å². The van der Waals surface area contributed by atoms with E-state index < -0.39 is 0 Å². The van der Waals surface area contributed by atoms with Gasteiger partial charge in [0.15, 0.2) is 0 Å². The fourth-order valence-corrected chi connectivity index (χ4v) is 1.38. The molecule has 0 aliphatic rings. The van der Waals surface area contributed by atoms with Crippen molar-refractivity contribution in [3.63, 3.8) is 0 Å². The van der Waals surface area contributed by atoms with E-state index in [0.29, 0.717) is 6.54 Å². The molecule has 0 radical (unpaired) electrons. The molecule has 0 unspecified atom stereocenters. The molecule has 1 aromatic heterocycles. The van der Waals surface area contributed by atoms with E-state index in [9.17, 15) is 0 Å². The normalized spacial score (nSPS) is 13.6. The van der Waals surface area contributed by atoms with E-state index in [1.807, 2.05) is 26.5 Å². The molecule has 0 aliphatic heterocycles. The van der Waals surface area contributed by atoms with Crippen LogP contribution in [0.2, 0.25) is 0 Å². The number of aryl methyl sites for hydroxylation is 1. The first kappa shape index (κ1) is 10.2. The Labute approximate surface area is 78.8 Å². The van der Waals surface area contributed by atoms with Crippen LogP contribution in [-0.4, -0.2) is 39.5 Å². The molecule has 0 aliphatic carbocycles. The Balaban J connectivity index is 2.40. The summed E-state index contributed by atoms with van der Waals surface area (Å²) < 4.78 is 1.78. The zero-order valence-corrected chi connectivity index (χ0v) is 8.44. The van der Waals surface area contributed by atoms with Crippen molar-refractivity contribution in [2.24, 2.45) is 7.05 Å². The minimum absolute atomic E-state index is 0.276. The molecule has 0 saturated heterocycles. The van der Waals surface area contributed by atoms with E-state index >= 15 is 0 Å². The molecule has 1 atom stereocenters. The van der Waals surface area contributed by atoms with Crippen molar-refractivity contribution in [2.75, 3.05) is 13.6 Å². The Morgan fingerprint density at radius 2 is 2.38 bits per heavy atom. The molecule has 4 heteroatoms. The van der Waals surface area contributed by atoms with Crippen LogP contribution in [0.1, 0.15) is 12.5 Å². The molecule has 1 aromatic rings. The zero-order chi connectivity index (χ0) is 9.84. The van der Waals surface area contributed by atoms with Gasteiger partial charge in [-0.05, 0) is 14.0 Å².